The smallest absolute Gasteiger partial charge is 0.123 e. The molecule has 1 fully saturated rings. The van der Waals surface area contributed by atoms with E-state index in [0.29, 0.717) is 5.92 Å². The van der Waals surface area contributed by atoms with E-state index in [-0.39, 0.29) is 6.04 Å². The van der Waals surface area contributed by atoms with Gasteiger partial charge in [-0.25, -0.2) is 0 Å². The van der Waals surface area contributed by atoms with Crippen LogP contribution < -0.4 is 16.0 Å². The van der Waals surface area contributed by atoms with Crippen molar-refractivity contribution in [2.45, 2.75) is 45.1 Å². The lowest BCUT2D eigenvalue weighted by Crippen LogP contribution is -2.36. The lowest BCUT2D eigenvalue weighted by Gasteiger charge is -2.34. The molecule has 112 valence electrons. The molecule has 0 heterocycles. The van der Waals surface area contributed by atoms with Gasteiger partial charge in [-0.3, -0.25) is 11.3 Å². The first-order valence-electron chi connectivity index (χ1n) is 7.49. The van der Waals surface area contributed by atoms with Gasteiger partial charge < -0.3 is 4.74 Å². The standard InChI is InChI=1S/C16H25ClN2O/c1-3-11-5-4-6-12(9-11)16(19-18)14-10-13(17)7-8-15(14)20-2/h7-8,10-12,16,19H,3-6,9,18H2,1-2H3. The van der Waals surface area contributed by atoms with E-state index in [9.17, 15) is 0 Å². The maximum absolute atomic E-state index is 6.15. The Balaban J connectivity index is 2.25. The third kappa shape index (κ3) is 3.46. The van der Waals surface area contributed by atoms with Gasteiger partial charge in [0, 0.05) is 10.6 Å². The first kappa shape index (κ1) is 15.6. The number of halogens is 1. The van der Waals surface area contributed by atoms with Crippen molar-refractivity contribution in [3.05, 3.63) is 28.8 Å². The van der Waals surface area contributed by atoms with Crippen LogP contribution in [0.5, 0.6) is 5.75 Å². The number of ether oxygens (including phenoxy) is 1. The minimum atomic E-state index is 0.109. The highest BCUT2D eigenvalue weighted by Crippen LogP contribution is 2.41. The summed E-state index contributed by atoms with van der Waals surface area (Å²) in [6, 6.07) is 5.86. The number of hydrazine groups is 1. The number of benzene rings is 1. The Labute approximate surface area is 126 Å². The zero-order valence-corrected chi connectivity index (χ0v) is 13.1. The molecule has 0 spiro atoms. The third-order valence-corrected chi connectivity index (χ3v) is 4.81. The summed E-state index contributed by atoms with van der Waals surface area (Å²) in [4.78, 5) is 0. The molecule has 3 atom stereocenters. The summed E-state index contributed by atoms with van der Waals surface area (Å²) in [6.45, 7) is 2.28. The molecular formula is C16H25ClN2O. The van der Waals surface area contributed by atoms with Gasteiger partial charge in [0.2, 0.25) is 0 Å². The quantitative estimate of drug-likeness (QED) is 0.636. The lowest BCUT2D eigenvalue weighted by molar-refractivity contribution is 0.207. The number of methoxy groups -OCH3 is 1. The van der Waals surface area contributed by atoms with Crippen LogP contribution in [-0.2, 0) is 0 Å². The van der Waals surface area contributed by atoms with Crippen LogP contribution in [-0.4, -0.2) is 7.11 Å². The zero-order valence-electron chi connectivity index (χ0n) is 12.4. The fourth-order valence-electron chi connectivity index (χ4n) is 3.43. The van der Waals surface area contributed by atoms with Gasteiger partial charge >= 0.3 is 0 Å². The molecule has 1 saturated carbocycles. The topological polar surface area (TPSA) is 47.3 Å². The third-order valence-electron chi connectivity index (χ3n) is 4.58. The second kappa shape index (κ2) is 7.30. The van der Waals surface area contributed by atoms with Crippen LogP contribution in [0.4, 0.5) is 0 Å². The highest BCUT2D eigenvalue weighted by Gasteiger charge is 2.30. The fourth-order valence-corrected chi connectivity index (χ4v) is 3.61. The molecule has 0 saturated heterocycles. The number of hydrogen-bond donors (Lipinski definition) is 2. The Kier molecular flexibility index (Phi) is 5.70. The molecule has 4 heteroatoms. The number of nitrogens with two attached hydrogens (primary N) is 1. The molecular weight excluding hydrogens is 272 g/mol. The van der Waals surface area contributed by atoms with E-state index in [0.717, 1.165) is 22.3 Å². The van der Waals surface area contributed by atoms with Gasteiger partial charge in [-0.2, -0.15) is 0 Å². The molecule has 0 aromatic heterocycles. The average molecular weight is 297 g/mol. The van der Waals surface area contributed by atoms with E-state index in [2.05, 4.69) is 12.3 Å². The van der Waals surface area contributed by atoms with Crippen molar-refractivity contribution in [3.63, 3.8) is 0 Å². The summed E-state index contributed by atoms with van der Waals surface area (Å²) >= 11 is 6.15. The summed E-state index contributed by atoms with van der Waals surface area (Å²) in [5, 5.41) is 0.726. The second-order valence-electron chi connectivity index (χ2n) is 5.73. The van der Waals surface area contributed by atoms with Gasteiger partial charge in [-0.15, -0.1) is 0 Å². The van der Waals surface area contributed by atoms with Crippen LogP contribution in [0, 0.1) is 11.8 Å². The minimum Gasteiger partial charge on any atom is -0.496 e. The fraction of sp³-hybridized carbons (Fsp3) is 0.625. The highest BCUT2D eigenvalue weighted by molar-refractivity contribution is 6.30. The summed E-state index contributed by atoms with van der Waals surface area (Å²) in [7, 11) is 1.69. The van der Waals surface area contributed by atoms with Crippen LogP contribution in [0.2, 0.25) is 5.02 Å². The molecule has 0 bridgehead atoms. The summed E-state index contributed by atoms with van der Waals surface area (Å²) in [5.74, 6) is 8.07. The first-order chi connectivity index (χ1) is 9.69. The molecule has 1 aliphatic rings. The van der Waals surface area contributed by atoms with Crippen LogP contribution in [0.1, 0.15) is 50.6 Å². The number of hydrogen-bond acceptors (Lipinski definition) is 3. The summed E-state index contributed by atoms with van der Waals surface area (Å²) < 4.78 is 5.47. The molecule has 1 aromatic carbocycles. The van der Waals surface area contributed by atoms with Crippen molar-refractivity contribution >= 4 is 11.6 Å². The maximum Gasteiger partial charge on any atom is 0.123 e. The Hall–Kier alpha value is -0.770. The largest absolute Gasteiger partial charge is 0.496 e. The van der Waals surface area contributed by atoms with Crippen molar-refractivity contribution in [2.24, 2.45) is 17.7 Å². The van der Waals surface area contributed by atoms with Crippen molar-refractivity contribution < 1.29 is 4.74 Å². The van der Waals surface area contributed by atoms with Gasteiger partial charge in [-0.05, 0) is 42.9 Å². The molecule has 3 nitrogen and oxygen atoms in total. The first-order valence-corrected chi connectivity index (χ1v) is 7.87. The van der Waals surface area contributed by atoms with Crippen molar-refractivity contribution in [1.29, 1.82) is 0 Å². The SMILES string of the molecule is CCC1CCCC(C(NN)c2cc(Cl)ccc2OC)C1. The number of nitrogens with one attached hydrogen (secondary N) is 1. The molecule has 0 aliphatic heterocycles. The monoisotopic (exact) mass is 296 g/mol. The molecule has 2 rings (SSSR count). The molecule has 0 amide bonds. The van der Waals surface area contributed by atoms with Crippen LogP contribution in [0.25, 0.3) is 0 Å². The summed E-state index contributed by atoms with van der Waals surface area (Å²) in [5.41, 5.74) is 4.07. The predicted molar refractivity (Wildman–Crippen MR) is 83.8 cm³/mol. The van der Waals surface area contributed by atoms with E-state index in [4.69, 9.17) is 22.2 Å². The average Bonchev–Trinajstić information content (AvgIpc) is 2.48. The lowest BCUT2D eigenvalue weighted by atomic mass is 9.75. The molecule has 3 unspecified atom stereocenters. The summed E-state index contributed by atoms with van der Waals surface area (Å²) in [6.07, 6.45) is 6.31. The Morgan fingerprint density at radius 1 is 1.45 bits per heavy atom. The molecule has 1 aliphatic carbocycles. The van der Waals surface area contributed by atoms with E-state index >= 15 is 0 Å². The Bertz CT molecular complexity index is 438. The maximum atomic E-state index is 6.15. The molecule has 1 aromatic rings. The van der Waals surface area contributed by atoms with Crippen molar-refractivity contribution in [1.82, 2.24) is 5.43 Å². The predicted octanol–water partition coefficient (Wildman–Crippen LogP) is 4.07. The van der Waals surface area contributed by atoms with Crippen molar-refractivity contribution in [3.8, 4) is 5.75 Å². The second-order valence-corrected chi connectivity index (χ2v) is 6.17. The van der Waals surface area contributed by atoms with E-state index < -0.39 is 0 Å². The van der Waals surface area contributed by atoms with Crippen LogP contribution in [0.15, 0.2) is 18.2 Å². The van der Waals surface area contributed by atoms with Crippen LogP contribution in [0.3, 0.4) is 0 Å². The Morgan fingerprint density at radius 3 is 2.90 bits per heavy atom. The van der Waals surface area contributed by atoms with Crippen molar-refractivity contribution in [2.75, 3.05) is 7.11 Å². The molecule has 3 N–H and O–H groups in total. The minimum absolute atomic E-state index is 0.109. The zero-order chi connectivity index (χ0) is 14.5. The van der Waals surface area contributed by atoms with E-state index in [1.807, 2.05) is 18.2 Å². The van der Waals surface area contributed by atoms with Gasteiger partial charge in [-0.1, -0.05) is 37.8 Å². The molecule has 20 heavy (non-hydrogen) atoms. The number of rotatable bonds is 5. The van der Waals surface area contributed by atoms with Gasteiger partial charge in [0.1, 0.15) is 5.75 Å². The highest BCUT2D eigenvalue weighted by atomic mass is 35.5. The normalized spacial score (nSPS) is 24.4. The molecule has 0 radical (unpaired) electrons. The Morgan fingerprint density at radius 2 is 2.25 bits per heavy atom. The van der Waals surface area contributed by atoms with Gasteiger partial charge in [0.25, 0.3) is 0 Å². The van der Waals surface area contributed by atoms with Gasteiger partial charge in [0.05, 0.1) is 13.2 Å². The van der Waals surface area contributed by atoms with E-state index in [1.54, 1.807) is 7.11 Å². The van der Waals surface area contributed by atoms with Gasteiger partial charge in [0.15, 0.2) is 0 Å². The van der Waals surface area contributed by atoms with Crippen LogP contribution >= 0.6 is 11.6 Å². The van der Waals surface area contributed by atoms with E-state index in [1.165, 1.54) is 32.1 Å².